The van der Waals surface area contributed by atoms with E-state index in [2.05, 4.69) is 39.6 Å². The Kier molecular flexibility index (Phi) is 4.68. The lowest BCUT2D eigenvalue weighted by Crippen LogP contribution is -2.39. The number of nitrogens with zero attached hydrogens (tertiary/aromatic N) is 1. The summed E-state index contributed by atoms with van der Waals surface area (Å²) in [6.45, 7) is 10.6. The highest BCUT2D eigenvalue weighted by Gasteiger charge is 2.25. The monoisotopic (exact) mass is 269 g/mol. The molecular weight excluding hydrogens is 246 g/mol. The van der Waals surface area contributed by atoms with Crippen LogP contribution in [0.4, 0.5) is 5.69 Å². The number of rotatable bonds is 3. The summed E-state index contributed by atoms with van der Waals surface area (Å²) in [5.74, 6) is 0. The Morgan fingerprint density at radius 3 is 2.17 bits per heavy atom. The lowest BCUT2D eigenvalue weighted by Gasteiger charge is -2.37. The van der Waals surface area contributed by atoms with Gasteiger partial charge in [-0.1, -0.05) is 38.4 Å². The normalized spacial score (nSPS) is 15.3. The SMILES string of the molecule is CC(N(C)c1ccc([C@@H](C)O)cc1Cl)C(C)(C)C. The molecule has 0 aliphatic heterocycles. The van der Waals surface area contributed by atoms with Gasteiger partial charge in [0.1, 0.15) is 0 Å². The molecule has 0 saturated heterocycles. The van der Waals surface area contributed by atoms with E-state index in [1.54, 1.807) is 6.92 Å². The highest BCUT2D eigenvalue weighted by atomic mass is 35.5. The number of aliphatic hydroxyl groups excluding tert-OH is 1. The topological polar surface area (TPSA) is 23.5 Å². The molecule has 0 bridgehead atoms. The third kappa shape index (κ3) is 3.39. The molecule has 0 aliphatic carbocycles. The van der Waals surface area contributed by atoms with Crippen molar-refractivity contribution in [2.75, 3.05) is 11.9 Å². The molecule has 2 atom stereocenters. The van der Waals surface area contributed by atoms with Crippen molar-refractivity contribution < 1.29 is 5.11 Å². The Morgan fingerprint density at radius 2 is 1.78 bits per heavy atom. The lowest BCUT2D eigenvalue weighted by molar-refractivity contribution is 0.199. The van der Waals surface area contributed by atoms with Crippen LogP contribution in [0.2, 0.25) is 5.02 Å². The van der Waals surface area contributed by atoms with Crippen molar-refractivity contribution in [3.8, 4) is 0 Å². The molecule has 0 aliphatic rings. The number of aliphatic hydroxyl groups is 1. The zero-order valence-electron chi connectivity index (χ0n) is 12.2. The molecule has 102 valence electrons. The first-order valence-electron chi connectivity index (χ1n) is 6.35. The van der Waals surface area contributed by atoms with E-state index in [0.29, 0.717) is 11.1 Å². The van der Waals surface area contributed by atoms with E-state index in [-0.39, 0.29) is 5.41 Å². The van der Waals surface area contributed by atoms with Crippen molar-refractivity contribution in [2.24, 2.45) is 5.41 Å². The second kappa shape index (κ2) is 5.50. The molecule has 1 N–H and O–H groups in total. The average molecular weight is 270 g/mol. The molecule has 1 rings (SSSR count). The molecule has 0 radical (unpaired) electrons. The number of hydrogen-bond acceptors (Lipinski definition) is 2. The van der Waals surface area contributed by atoms with E-state index in [4.69, 9.17) is 11.6 Å². The van der Waals surface area contributed by atoms with E-state index < -0.39 is 6.10 Å². The fourth-order valence-corrected chi connectivity index (χ4v) is 2.18. The quantitative estimate of drug-likeness (QED) is 0.886. The molecule has 3 heteroatoms. The first-order chi connectivity index (χ1) is 8.14. The Balaban J connectivity index is 3.04. The Morgan fingerprint density at radius 1 is 1.22 bits per heavy atom. The molecule has 1 aromatic rings. The second-order valence-corrected chi connectivity index (χ2v) is 6.45. The van der Waals surface area contributed by atoms with E-state index in [1.807, 2.05) is 18.2 Å². The first kappa shape index (κ1) is 15.3. The first-order valence-corrected chi connectivity index (χ1v) is 6.72. The van der Waals surface area contributed by atoms with Crippen molar-refractivity contribution in [1.29, 1.82) is 0 Å². The van der Waals surface area contributed by atoms with Crippen molar-refractivity contribution in [3.05, 3.63) is 28.8 Å². The van der Waals surface area contributed by atoms with Gasteiger partial charge in [0.05, 0.1) is 16.8 Å². The number of hydrogen-bond donors (Lipinski definition) is 1. The minimum absolute atomic E-state index is 0.182. The lowest BCUT2D eigenvalue weighted by atomic mass is 9.87. The summed E-state index contributed by atoms with van der Waals surface area (Å²) in [4.78, 5) is 2.19. The molecule has 0 saturated carbocycles. The minimum atomic E-state index is -0.484. The van der Waals surface area contributed by atoms with Gasteiger partial charge < -0.3 is 10.0 Å². The van der Waals surface area contributed by atoms with Gasteiger partial charge in [0.2, 0.25) is 0 Å². The van der Waals surface area contributed by atoms with Crippen molar-refractivity contribution in [2.45, 2.75) is 46.8 Å². The van der Waals surface area contributed by atoms with Crippen LogP contribution in [0.1, 0.15) is 46.3 Å². The van der Waals surface area contributed by atoms with Gasteiger partial charge in [-0.3, -0.25) is 0 Å². The number of halogens is 1. The van der Waals surface area contributed by atoms with Crippen LogP contribution < -0.4 is 4.90 Å². The van der Waals surface area contributed by atoms with Crippen molar-refractivity contribution in [1.82, 2.24) is 0 Å². The molecule has 0 spiro atoms. The average Bonchev–Trinajstić information content (AvgIpc) is 2.25. The van der Waals surface area contributed by atoms with Crippen LogP contribution in [-0.2, 0) is 0 Å². The molecule has 0 fully saturated rings. The Hall–Kier alpha value is -0.730. The van der Waals surface area contributed by atoms with Gasteiger partial charge >= 0.3 is 0 Å². The van der Waals surface area contributed by atoms with Crippen molar-refractivity contribution in [3.63, 3.8) is 0 Å². The van der Waals surface area contributed by atoms with E-state index in [0.717, 1.165) is 11.3 Å². The zero-order chi connectivity index (χ0) is 14.1. The number of anilines is 1. The second-order valence-electron chi connectivity index (χ2n) is 6.04. The zero-order valence-corrected chi connectivity index (χ0v) is 12.9. The third-order valence-corrected chi connectivity index (χ3v) is 3.97. The van der Waals surface area contributed by atoms with Gasteiger partial charge in [0, 0.05) is 13.1 Å². The molecule has 0 aromatic heterocycles. The van der Waals surface area contributed by atoms with Gasteiger partial charge in [-0.25, -0.2) is 0 Å². The van der Waals surface area contributed by atoms with Crippen LogP contribution in [-0.4, -0.2) is 18.2 Å². The highest BCUT2D eigenvalue weighted by molar-refractivity contribution is 6.33. The van der Waals surface area contributed by atoms with Crippen LogP contribution in [0.25, 0.3) is 0 Å². The Bertz CT molecular complexity index is 409. The Labute approximate surface area is 116 Å². The summed E-state index contributed by atoms with van der Waals surface area (Å²) in [5.41, 5.74) is 2.03. The summed E-state index contributed by atoms with van der Waals surface area (Å²) in [7, 11) is 2.05. The molecule has 18 heavy (non-hydrogen) atoms. The van der Waals surface area contributed by atoms with E-state index in [9.17, 15) is 5.11 Å². The predicted octanol–water partition coefficient (Wildman–Crippen LogP) is 4.26. The van der Waals surface area contributed by atoms with Crippen LogP contribution in [0.5, 0.6) is 0 Å². The van der Waals surface area contributed by atoms with Crippen molar-refractivity contribution >= 4 is 17.3 Å². The van der Waals surface area contributed by atoms with Crippen LogP contribution in [0.3, 0.4) is 0 Å². The summed E-state index contributed by atoms with van der Waals surface area (Å²) in [6, 6.07) is 6.12. The molecule has 1 aromatic carbocycles. The molecule has 0 amide bonds. The van der Waals surface area contributed by atoms with Gasteiger partial charge in [-0.05, 0) is 37.0 Å². The molecule has 1 unspecified atom stereocenters. The number of benzene rings is 1. The largest absolute Gasteiger partial charge is 0.389 e. The maximum absolute atomic E-state index is 9.54. The van der Waals surface area contributed by atoms with Crippen LogP contribution in [0.15, 0.2) is 18.2 Å². The van der Waals surface area contributed by atoms with Gasteiger partial charge in [0.15, 0.2) is 0 Å². The molecular formula is C15H24ClNO. The fourth-order valence-electron chi connectivity index (χ4n) is 1.86. The fraction of sp³-hybridized carbons (Fsp3) is 0.600. The van der Waals surface area contributed by atoms with Crippen LogP contribution >= 0.6 is 11.6 Å². The predicted molar refractivity (Wildman–Crippen MR) is 79.4 cm³/mol. The standard InChI is InChI=1S/C15H24ClNO/c1-10(18)12-7-8-14(13(16)9-12)17(6)11(2)15(3,4)5/h7-11,18H,1-6H3/t10-,11?/m1/s1. The smallest absolute Gasteiger partial charge is 0.0762 e. The van der Waals surface area contributed by atoms with Crippen LogP contribution in [0, 0.1) is 5.41 Å². The van der Waals surface area contributed by atoms with E-state index >= 15 is 0 Å². The summed E-state index contributed by atoms with van der Waals surface area (Å²) in [5, 5.41) is 10.2. The summed E-state index contributed by atoms with van der Waals surface area (Å²) in [6.07, 6.45) is -0.484. The van der Waals surface area contributed by atoms with Gasteiger partial charge in [0.25, 0.3) is 0 Å². The maximum atomic E-state index is 9.54. The van der Waals surface area contributed by atoms with Gasteiger partial charge in [-0.2, -0.15) is 0 Å². The third-order valence-electron chi connectivity index (χ3n) is 3.67. The highest BCUT2D eigenvalue weighted by Crippen LogP contribution is 2.33. The molecule has 0 heterocycles. The van der Waals surface area contributed by atoms with E-state index in [1.165, 1.54) is 0 Å². The van der Waals surface area contributed by atoms with Gasteiger partial charge in [-0.15, -0.1) is 0 Å². The summed E-state index contributed by atoms with van der Waals surface area (Å²) < 4.78 is 0. The maximum Gasteiger partial charge on any atom is 0.0762 e. The summed E-state index contributed by atoms with van der Waals surface area (Å²) >= 11 is 6.31. The molecule has 2 nitrogen and oxygen atoms in total. The minimum Gasteiger partial charge on any atom is -0.389 e.